The molecule has 0 bridgehead atoms. The van der Waals surface area contributed by atoms with Gasteiger partial charge in [-0.25, -0.2) is 0 Å². The lowest BCUT2D eigenvalue weighted by Crippen LogP contribution is -2.27. The molecule has 1 atom stereocenters. The Morgan fingerprint density at radius 3 is 2.23 bits per heavy atom. The molecule has 3 rings (SSSR count). The minimum atomic E-state index is -0.517. The van der Waals surface area contributed by atoms with E-state index in [1.807, 2.05) is 42.5 Å². The molecule has 0 aliphatic rings. The highest BCUT2D eigenvalue weighted by atomic mass is 32.2. The second-order valence-electron chi connectivity index (χ2n) is 8.67. The number of carbonyl (C=O) groups excluding carboxylic acids is 1. The molecule has 0 saturated carbocycles. The minimum absolute atomic E-state index is 0.0773. The Kier molecular flexibility index (Phi) is 6.95. The van der Waals surface area contributed by atoms with Crippen LogP contribution >= 0.6 is 11.8 Å². The van der Waals surface area contributed by atoms with E-state index in [0.29, 0.717) is 17.3 Å². The van der Waals surface area contributed by atoms with E-state index in [4.69, 9.17) is 0 Å². The Hall–Kier alpha value is -2.93. The summed E-state index contributed by atoms with van der Waals surface area (Å²) < 4.78 is 0. The quantitative estimate of drug-likeness (QED) is 0.592. The number of hydrogen-bond donors (Lipinski definition) is 1. The van der Waals surface area contributed by atoms with Crippen molar-refractivity contribution in [1.82, 2.24) is 20.1 Å². The second kappa shape index (κ2) is 9.47. The maximum Gasteiger partial charge on any atom is 0.273 e. The lowest BCUT2D eigenvalue weighted by atomic mass is 9.86. The standard InChI is InChI=1S/C24H28N4O2S/c1-24(2,3)18-13-11-16(12-14-18)15-19-21(29)25-23(27-26-19)31-20(22(30)28(4)5)17-9-7-6-8-10-17/h6-14,20H,15H2,1-5H3,(H,25,27,29). The maximum absolute atomic E-state index is 12.7. The van der Waals surface area contributed by atoms with Gasteiger partial charge in [-0.3, -0.25) is 14.6 Å². The number of hydrogen-bond acceptors (Lipinski definition) is 5. The van der Waals surface area contributed by atoms with Gasteiger partial charge in [-0.2, -0.15) is 0 Å². The fraction of sp³-hybridized carbons (Fsp3) is 0.333. The third-order valence-electron chi connectivity index (χ3n) is 4.93. The van der Waals surface area contributed by atoms with E-state index in [-0.39, 0.29) is 16.9 Å². The van der Waals surface area contributed by atoms with Crippen LogP contribution in [0.4, 0.5) is 0 Å². The second-order valence-corrected chi connectivity index (χ2v) is 9.76. The van der Waals surface area contributed by atoms with Crippen LogP contribution in [0.1, 0.15) is 48.4 Å². The van der Waals surface area contributed by atoms with E-state index in [9.17, 15) is 9.59 Å². The lowest BCUT2D eigenvalue weighted by Gasteiger charge is -2.20. The molecule has 0 aliphatic heterocycles. The first-order valence-corrected chi connectivity index (χ1v) is 11.0. The van der Waals surface area contributed by atoms with Crippen molar-refractivity contribution in [2.45, 2.75) is 43.0 Å². The zero-order valence-corrected chi connectivity index (χ0v) is 19.4. The Balaban J connectivity index is 1.79. The van der Waals surface area contributed by atoms with Crippen LogP contribution in [-0.4, -0.2) is 40.1 Å². The molecular formula is C24H28N4O2S. The van der Waals surface area contributed by atoms with Crippen molar-refractivity contribution >= 4 is 17.7 Å². The topological polar surface area (TPSA) is 79.0 Å². The Bertz CT molecular complexity index is 1090. The van der Waals surface area contributed by atoms with E-state index < -0.39 is 5.25 Å². The first kappa shape index (κ1) is 22.7. The molecule has 0 saturated heterocycles. The summed E-state index contributed by atoms with van der Waals surface area (Å²) in [5.41, 5.74) is 3.22. The van der Waals surface area contributed by atoms with Crippen molar-refractivity contribution in [2.75, 3.05) is 14.1 Å². The maximum atomic E-state index is 12.7. The van der Waals surface area contributed by atoms with Gasteiger partial charge in [-0.15, -0.1) is 10.2 Å². The molecule has 1 unspecified atom stereocenters. The number of carbonyl (C=O) groups is 1. The molecule has 7 heteroatoms. The van der Waals surface area contributed by atoms with E-state index in [1.54, 1.807) is 14.1 Å². The Morgan fingerprint density at radius 1 is 1.03 bits per heavy atom. The zero-order valence-electron chi connectivity index (χ0n) is 18.5. The van der Waals surface area contributed by atoms with Crippen molar-refractivity contribution in [3.63, 3.8) is 0 Å². The Labute approximate surface area is 187 Å². The molecule has 0 radical (unpaired) electrons. The van der Waals surface area contributed by atoms with Crippen LogP contribution in [0.25, 0.3) is 0 Å². The van der Waals surface area contributed by atoms with Crippen molar-refractivity contribution in [3.8, 4) is 0 Å². The van der Waals surface area contributed by atoms with Gasteiger partial charge in [0.25, 0.3) is 5.56 Å². The highest BCUT2D eigenvalue weighted by Gasteiger charge is 2.25. The van der Waals surface area contributed by atoms with Crippen LogP contribution in [0.2, 0.25) is 0 Å². The summed E-state index contributed by atoms with van der Waals surface area (Å²) in [6.07, 6.45) is 0.399. The molecule has 3 aromatic rings. The van der Waals surface area contributed by atoms with Crippen molar-refractivity contribution < 1.29 is 4.79 Å². The number of nitrogens with zero attached hydrogens (tertiary/aromatic N) is 3. The summed E-state index contributed by atoms with van der Waals surface area (Å²) in [7, 11) is 3.42. The minimum Gasteiger partial charge on any atom is -0.348 e. The smallest absolute Gasteiger partial charge is 0.273 e. The number of nitrogens with one attached hydrogen (secondary N) is 1. The van der Waals surface area contributed by atoms with Crippen LogP contribution in [0, 0.1) is 0 Å². The normalized spacial score (nSPS) is 12.4. The van der Waals surface area contributed by atoms with Gasteiger partial charge >= 0.3 is 0 Å². The summed E-state index contributed by atoms with van der Waals surface area (Å²) >= 11 is 1.19. The fourth-order valence-electron chi connectivity index (χ4n) is 3.07. The lowest BCUT2D eigenvalue weighted by molar-refractivity contribution is -0.128. The number of benzene rings is 2. The SMILES string of the molecule is CN(C)C(=O)C(Sc1nnc(Cc2ccc(C(C)(C)C)cc2)c(=O)[nH]1)c1ccccc1. The molecule has 1 N–H and O–H groups in total. The summed E-state index contributed by atoms with van der Waals surface area (Å²) in [5.74, 6) is -0.0816. The average Bonchev–Trinajstić information content (AvgIpc) is 2.73. The van der Waals surface area contributed by atoms with Crippen molar-refractivity contribution in [2.24, 2.45) is 0 Å². The van der Waals surface area contributed by atoms with Gasteiger partial charge in [0, 0.05) is 20.5 Å². The van der Waals surface area contributed by atoms with Crippen molar-refractivity contribution in [3.05, 3.63) is 87.3 Å². The van der Waals surface area contributed by atoms with Gasteiger partial charge in [0.05, 0.1) is 0 Å². The van der Waals surface area contributed by atoms with Crippen LogP contribution in [0.15, 0.2) is 64.5 Å². The molecule has 2 aromatic carbocycles. The number of rotatable bonds is 6. The third kappa shape index (κ3) is 5.82. The van der Waals surface area contributed by atoms with Gasteiger partial charge in [-0.05, 0) is 22.1 Å². The summed E-state index contributed by atoms with van der Waals surface area (Å²) in [5, 5.41) is 8.15. The predicted molar refractivity (Wildman–Crippen MR) is 124 cm³/mol. The molecule has 0 spiro atoms. The molecule has 1 amide bonds. The van der Waals surface area contributed by atoms with Crippen molar-refractivity contribution in [1.29, 1.82) is 0 Å². The number of aromatic nitrogens is 3. The van der Waals surface area contributed by atoms with E-state index in [1.165, 1.54) is 22.2 Å². The molecular weight excluding hydrogens is 408 g/mol. The number of likely N-dealkylation sites (N-methyl/N-ethyl adjacent to an activating group) is 1. The first-order chi connectivity index (χ1) is 14.6. The van der Waals surface area contributed by atoms with Crippen LogP contribution < -0.4 is 5.56 Å². The molecule has 0 aliphatic carbocycles. The fourth-order valence-corrected chi connectivity index (χ4v) is 4.13. The summed E-state index contributed by atoms with van der Waals surface area (Å²) in [6, 6.07) is 17.6. The van der Waals surface area contributed by atoms with Gasteiger partial charge in [0.15, 0.2) is 5.16 Å². The molecule has 1 heterocycles. The Morgan fingerprint density at radius 2 is 1.68 bits per heavy atom. The van der Waals surface area contributed by atoms with E-state index in [0.717, 1.165) is 11.1 Å². The number of thioether (sulfide) groups is 1. The monoisotopic (exact) mass is 436 g/mol. The van der Waals surface area contributed by atoms with Gasteiger partial charge in [0.2, 0.25) is 5.91 Å². The molecule has 1 aromatic heterocycles. The van der Waals surface area contributed by atoms with Crippen LogP contribution in [0.3, 0.4) is 0 Å². The molecule has 6 nitrogen and oxygen atoms in total. The largest absolute Gasteiger partial charge is 0.348 e. The number of H-pyrrole nitrogens is 1. The predicted octanol–water partition coefficient (Wildman–Crippen LogP) is 3.97. The summed E-state index contributed by atoms with van der Waals surface area (Å²) in [4.78, 5) is 29.7. The highest BCUT2D eigenvalue weighted by Crippen LogP contribution is 2.34. The number of aromatic amines is 1. The third-order valence-corrected chi connectivity index (χ3v) is 6.05. The van der Waals surface area contributed by atoms with E-state index in [2.05, 4.69) is 48.1 Å². The van der Waals surface area contributed by atoms with Gasteiger partial charge in [-0.1, -0.05) is 87.1 Å². The van der Waals surface area contributed by atoms with Crippen LogP contribution in [-0.2, 0) is 16.6 Å². The van der Waals surface area contributed by atoms with Crippen LogP contribution in [0.5, 0.6) is 0 Å². The van der Waals surface area contributed by atoms with E-state index >= 15 is 0 Å². The van der Waals surface area contributed by atoms with Gasteiger partial charge in [0.1, 0.15) is 10.9 Å². The molecule has 0 fully saturated rings. The highest BCUT2D eigenvalue weighted by molar-refractivity contribution is 8.00. The molecule has 31 heavy (non-hydrogen) atoms. The number of amides is 1. The first-order valence-electron chi connectivity index (χ1n) is 10.1. The summed E-state index contributed by atoms with van der Waals surface area (Å²) in [6.45, 7) is 6.50. The zero-order chi connectivity index (χ0) is 22.6. The molecule has 162 valence electrons. The average molecular weight is 437 g/mol. The van der Waals surface area contributed by atoms with Gasteiger partial charge < -0.3 is 4.90 Å².